The first-order valence-electron chi connectivity index (χ1n) is 11.7. The Morgan fingerprint density at radius 2 is 1.61 bits per heavy atom. The highest BCUT2D eigenvalue weighted by Gasteiger charge is 2.34. The van der Waals surface area contributed by atoms with Gasteiger partial charge in [0.1, 0.15) is 0 Å². The maximum atomic E-state index is 13.6. The van der Waals surface area contributed by atoms with E-state index in [2.05, 4.69) is 21.2 Å². The molecule has 0 saturated heterocycles. The molecule has 4 rings (SSSR count). The molecule has 0 aliphatic heterocycles. The molecule has 6 nitrogen and oxygen atoms in total. The molecule has 3 aromatic rings. The molecule has 1 aliphatic carbocycles. The smallest absolute Gasteiger partial charge is 0.243 e. The van der Waals surface area contributed by atoms with Crippen LogP contribution in [0.15, 0.2) is 82.2 Å². The average Bonchev–Trinajstić information content (AvgIpc) is 2.89. The molecule has 0 unspecified atom stereocenters. The molecule has 0 atom stereocenters. The molecule has 3 aromatic carbocycles. The number of hydrogen-bond acceptors (Lipinski definition) is 4. The molecule has 188 valence electrons. The fourth-order valence-electron chi connectivity index (χ4n) is 4.41. The highest BCUT2D eigenvalue weighted by atomic mass is 79.9. The van der Waals surface area contributed by atoms with Gasteiger partial charge in [-0.05, 0) is 55.3 Å². The number of benzene rings is 3. The highest BCUT2D eigenvalue weighted by Crippen LogP contribution is 2.29. The number of halogens is 2. The Bertz CT molecular complexity index is 1340. The van der Waals surface area contributed by atoms with Gasteiger partial charge in [0, 0.05) is 26.7 Å². The predicted molar refractivity (Wildman–Crippen MR) is 145 cm³/mol. The second kappa shape index (κ2) is 11.7. The molecule has 1 aliphatic rings. The number of ketones is 1. The van der Waals surface area contributed by atoms with Crippen molar-refractivity contribution >= 4 is 54.9 Å². The number of carbonyl (C=O) groups excluding carboxylic acids is 2. The maximum Gasteiger partial charge on any atom is 0.243 e. The zero-order valence-corrected chi connectivity index (χ0v) is 22.7. The molecule has 0 heterocycles. The Morgan fingerprint density at radius 3 is 2.28 bits per heavy atom. The van der Waals surface area contributed by atoms with Crippen molar-refractivity contribution in [2.75, 3.05) is 11.9 Å². The number of sulfonamides is 1. The van der Waals surface area contributed by atoms with Crippen LogP contribution in [0.25, 0.3) is 0 Å². The second-order valence-corrected chi connectivity index (χ2v) is 12.0. The van der Waals surface area contributed by atoms with Crippen LogP contribution in [0.1, 0.15) is 48.0 Å². The fourth-order valence-corrected chi connectivity index (χ4v) is 6.49. The Kier molecular flexibility index (Phi) is 8.62. The summed E-state index contributed by atoms with van der Waals surface area (Å²) in [4.78, 5) is 26.5. The lowest BCUT2D eigenvalue weighted by Crippen LogP contribution is -2.45. The third-order valence-electron chi connectivity index (χ3n) is 6.24. The van der Waals surface area contributed by atoms with E-state index in [9.17, 15) is 18.0 Å². The van der Waals surface area contributed by atoms with E-state index in [0.717, 1.165) is 23.7 Å². The van der Waals surface area contributed by atoms with Gasteiger partial charge in [0.15, 0.2) is 5.78 Å². The van der Waals surface area contributed by atoms with Crippen molar-refractivity contribution in [3.05, 3.63) is 93.4 Å². The summed E-state index contributed by atoms with van der Waals surface area (Å²) in [5, 5.41) is 3.11. The Morgan fingerprint density at radius 1 is 0.944 bits per heavy atom. The number of anilines is 1. The first kappa shape index (κ1) is 26.5. The van der Waals surface area contributed by atoms with Crippen LogP contribution in [0.4, 0.5) is 5.69 Å². The van der Waals surface area contributed by atoms with Crippen molar-refractivity contribution in [1.82, 2.24) is 4.31 Å². The number of nitrogens with zero attached hydrogens (tertiary/aromatic N) is 1. The van der Waals surface area contributed by atoms with Crippen LogP contribution in [-0.2, 0) is 14.8 Å². The van der Waals surface area contributed by atoms with Gasteiger partial charge in [-0.15, -0.1) is 0 Å². The van der Waals surface area contributed by atoms with Gasteiger partial charge >= 0.3 is 0 Å². The van der Waals surface area contributed by atoms with E-state index in [0.29, 0.717) is 23.4 Å². The minimum Gasteiger partial charge on any atom is -0.324 e. The van der Waals surface area contributed by atoms with Crippen molar-refractivity contribution in [2.24, 2.45) is 0 Å². The topological polar surface area (TPSA) is 83.6 Å². The van der Waals surface area contributed by atoms with E-state index < -0.39 is 15.9 Å². The van der Waals surface area contributed by atoms with Gasteiger partial charge in [-0.3, -0.25) is 9.59 Å². The Labute approximate surface area is 224 Å². The van der Waals surface area contributed by atoms with E-state index in [1.54, 1.807) is 48.5 Å². The lowest BCUT2D eigenvalue weighted by molar-refractivity contribution is -0.116. The quantitative estimate of drug-likeness (QED) is 0.313. The Hall–Kier alpha value is -2.52. The van der Waals surface area contributed by atoms with E-state index in [1.807, 2.05) is 6.07 Å². The molecule has 1 amide bonds. The molecule has 36 heavy (non-hydrogen) atoms. The lowest BCUT2D eigenvalue weighted by Gasteiger charge is -2.33. The SMILES string of the molecule is O=C(CN(C1CCCCC1)S(=O)(=O)c1ccc(Br)cc1)Nc1ccc(Cl)cc1C(=O)c1ccccc1. The van der Waals surface area contributed by atoms with E-state index >= 15 is 0 Å². The van der Waals surface area contributed by atoms with Crippen molar-refractivity contribution in [1.29, 1.82) is 0 Å². The molecule has 0 radical (unpaired) electrons. The van der Waals surface area contributed by atoms with Crippen molar-refractivity contribution < 1.29 is 18.0 Å². The monoisotopic (exact) mass is 588 g/mol. The molecule has 0 aromatic heterocycles. The molecule has 1 N–H and O–H groups in total. The van der Waals surface area contributed by atoms with Gasteiger partial charge in [0.25, 0.3) is 0 Å². The van der Waals surface area contributed by atoms with Gasteiger partial charge < -0.3 is 5.32 Å². The van der Waals surface area contributed by atoms with Gasteiger partial charge in [0.05, 0.1) is 17.1 Å². The maximum absolute atomic E-state index is 13.6. The minimum absolute atomic E-state index is 0.135. The molecule has 9 heteroatoms. The number of nitrogens with one attached hydrogen (secondary N) is 1. The van der Waals surface area contributed by atoms with E-state index in [1.165, 1.54) is 22.5 Å². The van der Waals surface area contributed by atoms with Gasteiger partial charge in [-0.2, -0.15) is 4.31 Å². The van der Waals surface area contributed by atoms with Crippen LogP contribution in [0.3, 0.4) is 0 Å². The summed E-state index contributed by atoms with van der Waals surface area (Å²) in [6.07, 6.45) is 4.26. The Balaban J connectivity index is 1.61. The first-order chi connectivity index (χ1) is 17.3. The van der Waals surface area contributed by atoms with Crippen LogP contribution in [-0.4, -0.2) is 37.0 Å². The van der Waals surface area contributed by atoms with E-state index in [-0.39, 0.29) is 34.5 Å². The third kappa shape index (κ3) is 6.24. The number of carbonyl (C=O) groups is 2. The first-order valence-corrected chi connectivity index (χ1v) is 14.3. The zero-order chi connectivity index (χ0) is 25.7. The summed E-state index contributed by atoms with van der Waals surface area (Å²) < 4.78 is 29.3. The van der Waals surface area contributed by atoms with Gasteiger partial charge in [-0.25, -0.2) is 8.42 Å². The average molecular weight is 590 g/mol. The zero-order valence-electron chi connectivity index (χ0n) is 19.5. The number of amides is 1. The molecular formula is C27H26BrClN2O4S. The standard InChI is InChI=1S/C27H26BrClN2O4S/c28-20-11-14-23(15-12-20)36(34,35)31(22-9-5-2-6-10-22)18-26(32)30-25-16-13-21(29)17-24(25)27(33)19-7-3-1-4-8-19/h1,3-4,7-8,11-17,22H,2,5-6,9-10,18H2,(H,30,32). The minimum atomic E-state index is -3.92. The highest BCUT2D eigenvalue weighted by molar-refractivity contribution is 9.10. The van der Waals surface area contributed by atoms with Crippen LogP contribution in [0.5, 0.6) is 0 Å². The molecule has 0 spiro atoms. The third-order valence-corrected chi connectivity index (χ3v) is 8.91. The molecule has 1 fully saturated rings. The van der Waals surface area contributed by atoms with Gasteiger partial charge in [0.2, 0.25) is 15.9 Å². The summed E-state index contributed by atoms with van der Waals surface area (Å²) in [7, 11) is -3.92. The molecule has 1 saturated carbocycles. The molecular weight excluding hydrogens is 564 g/mol. The van der Waals surface area contributed by atoms with Crippen molar-refractivity contribution in [2.45, 2.75) is 43.0 Å². The lowest BCUT2D eigenvalue weighted by atomic mass is 9.95. The summed E-state index contributed by atoms with van der Waals surface area (Å²) >= 11 is 9.49. The van der Waals surface area contributed by atoms with Gasteiger partial charge in [-0.1, -0.05) is 77.1 Å². The summed E-state index contributed by atoms with van der Waals surface area (Å²) in [5.41, 5.74) is 0.974. The largest absolute Gasteiger partial charge is 0.324 e. The number of hydrogen-bond donors (Lipinski definition) is 1. The van der Waals surface area contributed by atoms with E-state index in [4.69, 9.17) is 11.6 Å². The number of rotatable bonds is 8. The van der Waals surface area contributed by atoms with Crippen molar-refractivity contribution in [3.63, 3.8) is 0 Å². The summed E-state index contributed by atoms with van der Waals surface area (Å²) in [6, 6.07) is 19.5. The van der Waals surface area contributed by atoms with Crippen LogP contribution < -0.4 is 5.32 Å². The van der Waals surface area contributed by atoms with Crippen LogP contribution >= 0.6 is 27.5 Å². The normalized spacial score (nSPS) is 14.5. The van der Waals surface area contributed by atoms with Crippen LogP contribution in [0, 0.1) is 0 Å². The van der Waals surface area contributed by atoms with Crippen LogP contribution in [0.2, 0.25) is 5.02 Å². The molecule has 0 bridgehead atoms. The second-order valence-electron chi connectivity index (χ2n) is 8.73. The van der Waals surface area contributed by atoms with Crippen molar-refractivity contribution in [3.8, 4) is 0 Å². The summed E-state index contributed by atoms with van der Waals surface area (Å²) in [5.74, 6) is -0.814. The summed E-state index contributed by atoms with van der Waals surface area (Å²) in [6.45, 7) is -0.356. The fraction of sp³-hybridized carbons (Fsp3) is 0.259. The predicted octanol–water partition coefficient (Wildman–Crippen LogP) is 6.30.